The van der Waals surface area contributed by atoms with Crippen molar-refractivity contribution < 1.29 is 35.8 Å². The summed E-state index contributed by atoms with van der Waals surface area (Å²) in [5, 5.41) is 21.7. The predicted molar refractivity (Wildman–Crippen MR) is 114 cm³/mol. The molecule has 0 bridgehead atoms. The van der Waals surface area contributed by atoms with E-state index < -0.39 is 53.4 Å². The summed E-state index contributed by atoms with van der Waals surface area (Å²) >= 11 is 0. The molecule has 0 spiro atoms. The number of hydrogen-bond acceptors (Lipinski definition) is 8. The monoisotopic (exact) mass is 488 g/mol. The Hall–Kier alpha value is -2.94. The van der Waals surface area contributed by atoms with Crippen LogP contribution in [0.2, 0.25) is 0 Å². The van der Waals surface area contributed by atoms with E-state index in [0.29, 0.717) is 11.1 Å². The lowest BCUT2D eigenvalue weighted by Crippen LogP contribution is -2.18. The molecule has 2 atom stereocenters. The maximum Gasteiger partial charge on any atom is 0.269 e. The van der Waals surface area contributed by atoms with Gasteiger partial charge in [0, 0.05) is 36.1 Å². The zero-order chi connectivity index (χ0) is 24.1. The fourth-order valence-corrected chi connectivity index (χ4v) is 5.07. The molecule has 0 saturated heterocycles. The molecule has 32 heavy (non-hydrogen) atoms. The summed E-state index contributed by atoms with van der Waals surface area (Å²) in [6.07, 6.45) is 0.0730. The molecule has 0 amide bonds. The maximum absolute atomic E-state index is 11.5. The van der Waals surface area contributed by atoms with E-state index in [-0.39, 0.29) is 24.2 Å². The van der Waals surface area contributed by atoms with Gasteiger partial charge in [0.15, 0.2) is 0 Å². The lowest BCUT2D eigenvalue weighted by molar-refractivity contribution is -0.385. The van der Waals surface area contributed by atoms with Crippen LogP contribution in [0.3, 0.4) is 0 Å². The lowest BCUT2D eigenvalue weighted by atomic mass is 9.89. The smallest absolute Gasteiger partial charge is 0.269 e. The number of nitrogens with zero attached hydrogens (tertiary/aromatic N) is 2. The largest absolute Gasteiger partial charge is 0.286 e. The number of benzene rings is 2. The van der Waals surface area contributed by atoms with Gasteiger partial charge in [-0.25, -0.2) is 0 Å². The average Bonchev–Trinajstić information content (AvgIpc) is 2.68. The van der Waals surface area contributed by atoms with Gasteiger partial charge in [0.25, 0.3) is 31.6 Å². The van der Waals surface area contributed by atoms with Crippen molar-refractivity contribution in [3.63, 3.8) is 0 Å². The Bertz CT molecular complexity index is 1080. The molecule has 2 N–H and O–H groups in total. The standard InChI is InChI=1S/C18H20N2O10S2/c21-19(22)17-7-3-13(4-8-17)15(11-31(25,26)27)1-2-16(12-32(28,29)30)14-5-9-18(10-6-14)20(23)24/h3-10,15-16H,1-2,11-12H2,(H,25,26,27)(H,28,29,30)/t15-,16-/m0/s1. The van der Waals surface area contributed by atoms with Crippen LogP contribution in [0, 0.1) is 20.2 Å². The minimum atomic E-state index is -4.44. The van der Waals surface area contributed by atoms with Gasteiger partial charge in [-0.15, -0.1) is 0 Å². The van der Waals surface area contributed by atoms with Gasteiger partial charge in [0.1, 0.15) is 0 Å². The summed E-state index contributed by atoms with van der Waals surface area (Å²) in [6.45, 7) is 0. The zero-order valence-electron chi connectivity index (χ0n) is 16.5. The highest BCUT2D eigenvalue weighted by atomic mass is 32.2. The van der Waals surface area contributed by atoms with Crippen LogP contribution in [0.15, 0.2) is 48.5 Å². The zero-order valence-corrected chi connectivity index (χ0v) is 18.1. The molecule has 0 aliphatic rings. The number of nitro benzene ring substituents is 2. The van der Waals surface area contributed by atoms with Crippen molar-refractivity contribution in [1.29, 1.82) is 0 Å². The summed E-state index contributed by atoms with van der Waals surface area (Å²) in [4.78, 5) is 20.4. The van der Waals surface area contributed by atoms with Gasteiger partial charge in [0.05, 0.1) is 21.4 Å². The van der Waals surface area contributed by atoms with Gasteiger partial charge in [-0.05, 0) is 24.0 Å². The second-order valence-electron chi connectivity index (χ2n) is 7.17. The summed E-state index contributed by atoms with van der Waals surface area (Å²) in [5.74, 6) is -3.06. The molecule has 0 unspecified atom stereocenters. The van der Waals surface area contributed by atoms with E-state index in [2.05, 4.69) is 0 Å². The van der Waals surface area contributed by atoms with Gasteiger partial charge in [-0.2, -0.15) is 16.8 Å². The van der Waals surface area contributed by atoms with Crippen molar-refractivity contribution >= 4 is 31.6 Å². The molecular formula is C18H20N2O10S2. The first kappa shape index (κ1) is 25.3. The van der Waals surface area contributed by atoms with Gasteiger partial charge < -0.3 is 0 Å². The van der Waals surface area contributed by atoms with Crippen LogP contribution in [-0.2, 0) is 20.2 Å². The third-order valence-electron chi connectivity index (χ3n) is 4.84. The van der Waals surface area contributed by atoms with E-state index >= 15 is 0 Å². The van der Waals surface area contributed by atoms with E-state index in [4.69, 9.17) is 0 Å². The molecule has 0 fully saturated rings. The molecule has 0 aliphatic heterocycles. The van der Waals surface area contributed by atoms with E-state index in [9.17, 15) is 46.2 Å². The molecule has 14 heteroatoms. The van der Waals surface area contributed by atoms with E-state index in [1.165, 1.54) is 48.5 Å². The molecule has 0 aliphatic carbocycles. The predicted octanol–water partition coefficient (Wildman–Crippen LogP) is 2.93. The molecular weight excluding hydrogens is 468 g/mol. The minimum absolute atomic E-state index is 0.0365. The Balaban J connectivity index is 2.31. The molecule has 0 saturated carbocycles. The van der Waals surface area contributed by atoms with Crippen molar-refractivity contribution in [2.24, 2.45) is 0 Å². The van der Waals surface area contributed by atoms with Crippen molar-refractivity contribution in [2.75, 3.05) is 11.5 Å². The third-order valence-corrected chi connectivity index (χ3v) is 6.49. The molecule has 2 aromatic carbocycles. The van der Waals surface area contributed by atoms with Crippen molar-refractivity contribution in [2.45, 2.75) is 24.7 Å². The number of nitro groups is 2. The fourth-order valence-electron chi connectivity index (χ4n) is 3.34. The van der Waals surface area contributed by atoms with Crippen LogP contribution in [0.4, 0.5) is 11.4 Å². The van der Waals surface area contributed by atoms with Crippen LogP contribution >= 0.6 is 0 Å². The number of rotatable bonds is 11. The Kier molecular flexibility index (Phi) is 8.01. The third kappa shape index (κ3) is 7.96. The topological polar surface area (TPSA) is 195 Å². The average molecular weight is 488 g/mol. The highest BCUT2D eigenvalue weighted by molar-refractivity contribution is 7.86. The second kappa shape index (κ2) is 10.1. The minimum Gasteiger partial charge on any atom is -0.286 e. The van der Waals surface area contributed by atoms with E-state index in [0.717, 1.165) is 0 Å². The van der Waals surface area contributed by atoms with Crippen molar-refractivity contribution in [3.05, 3.63) is 79.9 Å². The molecule has 2 aromatic rings. The summed E-state index contributed by atoms with van der Waals surface area (Å²) in [7, 11) is -8.87. The SMILES string of the molecule is O=[N+]([O-])c1ccc([C@@H](CC[C@@H](CS(=O)(=O)O)c2ccc([N+](=O)[O-])cc2)CS(=O)(=O)O)cc1. The van der Waals surface area contributed by atoms with Crippen LogP contribution in [0.1, 0.15) is 35.8 Å². The highest BCUT2D eigenvalue weighted by Gasteiger charge is 2.25. The Morgan fingerprint density at radius 1 is 0.656 bits per heavy atom. The second-order valence-corrected chi connectivity index (χ2v) is 10.2. The van der Waals surface area contributed by atoms with Gasteiger partial charge in [-0.1, -0.05) is 24.3 Å². The quantitative estimate of drug-likeness (QED) is 0.269. The van der Waals surface area contributed by atoms with Gasteiger partial charge in [0.2, 0.25) is 0 Å². The Labute approximate surface area is 183 Å². The fraction of sp³-hybridized carbons (Fsp3) is 0.333. The van der Waals surface area contributed by atoms with E-state index in [1.807, 2.05) is 0 Å². The first-order chi connectivity index (χ1) is 14.7. The first-order valence-electron chi connectivity index (χ1n) is 9.14. The van der Waals surface area contributed by atoms with Crippen molar-refractivity contribution in [3.8, 4) is 0 Å². The lowest BCUT2D eigenvalue weighted by Gasteiger charge is -2.21. The Morgan fingerprint density at radius 2 is 0.938 bits per heavy atom. The Morgan fingerprint density at radius 3 is 1.16 bits per heavy atom. The number of non-ortho nitro benzene ring substituents is 2. The molecule has 0 radical (unpaired) electrons. The van der Waals surface area contributed by atoms with Crippen LogP contribution in [-0.4, -0.2) is 47.3 Å². The van der Waals surface area contributed by atoms with Crippen LogP contribution in [0.5, 0.6) is 0 Å². The first-order valence-corrected chi connectivity index (χ1v) is 12.4. The van der Waals surface area contributed by atoms with E-state index in [1.54, 1.807) is 0 Å². The summed E-state index contributed by atoms with van der Waals surface area (Å²) in [6, 6.07) is 10.1. The molecule has 0 aromatic heterocycles. The van der Waals surface area contributed by atoms with Gasteiger partial charge >= 0.3 is 0 Å². The molecule has 174 valence electrons. The number of hydrogen-bond donors (Lipinski definition) is 2. The summed E-state index contributed by atoms with van der Waals surface area (Å²) in [5.41, 5.74) is 0.328. The van der Waals surface area contributed by atoms with Crippen LogP contribution < -0.4 is 0 Å². The molecule has 12 nitrogen and oxygen atoms in total. The van der Waals surface area contributed by atoms with Crippen molar-refractivity contribution in [1.82, 2.24) is 0 Å². The summed E-state index contributed by atoms with van der Waals surface area (Å²) < 4.78 is 64.5. The molecule has 0 heterocycles. The highest BCUT2D eigenvalue weighted by Crippen LogP contribution is 2.31. The van der Waals surface area contributed by atoms with Gasteiger partial charge in [-0.3, -0.25) is 29.3 Å². The van der Waals surface area contributed by atoms with Crippen LogP contribution in [0.25, 0.3) is 0 Å². The normalized spacial score (nSPS) is 13.9. The molecule has 2 rings (SSSR count). The maximum atomic E-state index is 11.5.